The SMILES string of the molecule is CC(C)(O)C(C)(C)O[B]c1ccc([B]OC(C)(C)C(C)(C)O)cc1. The van der Waals surface area contributed by atoms with Gasteiger partial charge in [-0.1, -0.05) is 35.2 Å². The van der Waals surface area contributed by atoms with Crippen LogP contribution in [0, 0.1) is 0 Å². The molecule has 0 atom stereocenters. The molecule has 1 rings (SSSR count). The Bertz CT molecular complexity index is 476. The van der Waals surface area contributed by atoms with E-state index in [4.69, 9.17) is 9.31 Å². The highest BCUT2D eigenvalue weighted by molar-refractivity contribution is 6.49. The second-order valence-electron chi connectivity index (χ2n) is 8.28. The quantitative estimate of drug-likeness (QED) is 0.705. The van der Waals surface area contributed by atoms with Crippen molar-refractivity contribution in [3.8, 4) is 0 Å². The Hall–Kier alpha value is -0.810. The maximum Gasteiger partial charge on any atom is 0.330 e. The smallest absolute Gasteiger partial charge is 0.330 e. The fourth-order valence-corrected chi connectivity index (χ4v) is 1.37. The van der Waals surface area contributed by atoms with E-state index in [0.29, 0.717) is 0 Å². The molecule has 1 aromatic rings. The fourth-order valence-electron chi connectivity index (χ4n) is 1.37. The third kappa shape index (κ3) is 5.62. The Morgan fingerprint density at radius 1 is 0.625 bits per heavy atom. The van der Waals surface area contributed by atoms with Crippen LogP contribution in [0.1, 0.15) is 55.4 Å². The van der Waals surface area contributed by atoms with Crippen LogP contribution in [0.25, 0.3) is 0 Å². The molecule has 0 aliphatic heterocycles. The van der Waals surface area contributed by atoms with Gasteiger partial charge in [0, 0.05) is 0 Å². The summed E-state index contributed by atoms with van der Waals surface area (Å²) < 4.78 is 11.5. The lowest BCUT2D eigenvalue weighted by Crippen LogP contribution is -2.49. The topological polar surface area (TPSA) is 58.9 Å². The van der Waals surface area contributed by atoms with E-state index in [2.05, 4.69) is 0 Å². The van der Waals surface area contributed by atoms with Gasteiger partial charge < -0.3 is 19.5 Å². The van der Waals surface area contributed by atoms with Gasteiger partial charge in [-0.25, -0.2) is 0 Å². The van der Waals surface area contributed by atoms with E-state index >= 15 is 0 Å². The van der Waals surface area contributed by atoms with Crippen molar-refractivity contribution >= 4 is 25.9 Å². The average molecular weight is 332 g/mol. The van der Waals surface area contributed by atoms with Gasteiger partial charge in [-0.2, -0.15) is 0 Å². The predicted molar refractivity (Wildman–Crippen MR) is 100 cm³/mol. The summed E-state index contributed by atoms with van der Waals surface area (Å²) in [5, 5.41) is 20.2. The van der Waals surface area contributed by atoms with Crippen molar-refractivity contribution in [3.63, 3.8) is 0 Å². The predicted octanol–water partition coefficient (Wildman–Crippen LogP) is 1.31. The summed E-state index contributed by atoms with van der Waals surface area (Å²) in [7, 11) is 3.28. The molecule has 2 radical (unpaired) electrons. The van der Waals surface area contributed by atoms with Crippen LogP contribution in [0.4, 0.5) is 0 Å². The molecule has 132 valence electrons. The maximum absolute atomic E-state index is 10.1. The molecule has 0 saturated heterocycles. The van der Waals surface area contributed by atoms with Crippen molar-refractivity contribution in [3.05, 3.63) is 24.3 Å². The highest BCUT2D eigenvalue weighted by Crippen LogP contribution is 2.25. The van der Waals surface area contributed by atoms with Crippen molar-refractivity contribution < 1.29 is 19.5 Å². The summed E-state index contributed by atoms with van der Waals surface area (Å²) in [6.45, 7) is 14.3. The van der Waals surface area contributed by atoms with Gasteiger partial charge in [0.1, 0.15) is 0 Å². The molecule has 6 heteroatoms. The Morgan fingerprint density at radius 2 is 0.875 bits per heavy atom. The van der Waals surface area contributed by atoms with Gasteiger partial charge in [-0.3, -0.25) is 0 Å². The highest BCUT2D eigenvalue weighted by Gasteiger charge is 2.36. The Kier molecular flexibility index (Phi) is 6.37. The standard InChI is InChI=1S/C18H30B2O4/c1-15(2,21)17(5,6)23-19-13-9-11-14(12-10-13)20-24-18(7,8)16(3,4)22/h9-12,21-22H,1-8H3. The summed E-state index contributed by atoms with van der Waals surface area (Å²) in [6.07, 6.45) is 0. The van der Waals surface area contributed by atoms with Gasteiger partial charge in [0.25, 0.3) is 0 Å². The molecule has 0 bridgehead atoms. The molecule has 0 aliphatic carbocycles. The molecule has 0 aliphatic rings. The van der Waals surface area contributed by atoms with E-state index in [1.807, 2.05) is 52.0 Å². The van der Waals surface area contributed by atoms with E-state index < -0.39 is 22.4 Å². The first-order chi connectivity index (χ1) is 10.7. The van der Waals surface area contributed by atoms with Crippen LogP contribution in [0.3, 0.4) is 0 Å². The summed E-state index contributed by atoms with van der Waals surface area (Å²) in [6, 6.07) is 7.64. The van der Waals surface area contributed by atoms with E-state index in [-0.39, 0.29) is 0 Å². The second kappa shape index (κ2) is 7.20. The van der Waals surface area contributed by atoms with Crippen LogP contribution in [0.15, 0.2) is 24.3 Å². The molecule has 0 aromatic heterocycles. The Labute approximate surface area is 148 Å². The van der Waals surface area contributed by atoms with Crippen LogP contribution in [0.5, 0.6) is 0 Å². The van der Waals surface area contributed by atoms with Crippen molar-refractivity contribution in [2.75, 3.05) is 0 Å². The second-order valence-corrected chi connectivity index (χ2v) is 8.28. The molecule has 0 spiro atoms. The van der Waals surface area contributed by atoms with Crippen LogP contribution < -0.4 is 10.9 Å². The molecule has 2 N–H and O–H groups in total. The molecule has 0 heterocycles. The minimum Gasteiger partial charge on any atom is -0.427 e. The zero-order chi connectivity index (χ0) is 18.8. The Balaban J connectivity index is 2.61. The fraction of sp³-hybridized carbons (Fsp3) is 0.667. The summed E-state index contributed by atoms with van der Waals surface area (Å²) in [4.78, 5) is 0. The van der Waals surface area contributed by atoms with Crippen molar-refractivity contribution in [2.24, 2.45) is 0 Å². The molecular weight excluding hydrogens is 302 g/mol. The van der Waals surface area contributed by atoms with Crippen LogP contribution >= 0.6 is 0 Å². The highest BCUT2D eigenvalue weighted by atomic mass is 16.5. The maximum atomic E-state index is 10.1. The van der Waals surface area contributed by atoms with E-state index in [1.54, 1.807) is 42.7 Å². The first kappa shape index (κ1) is 21.2. The number of hydrogen-bond acceptors (Lipinski definition) is 4. The summed E-state index contributed by atoms with van der Waals surface area (Å²) in [5.41, 5.74) is -1.51. The van der Waals surface area contributed by atoms with E-state index in [9.17, 15) is 10.2 Å². The van der Waals surface area contributed by atoms with Crippen LogP contribution in [-0.4, -0.2) is 47.6 Å². The zero-order valence-electron chi connectivity index (χ0n) is 16.2. The molecule has 0 saturated carbocycles. The van der Waals surface area contributed by atoms with E-state index in [0.717, 1.165) is 10.9 Å². The number of rotatable bonds is 8. The largest absolute Gasteiger partial charge is 0.427 e. The van der Waals surface area contributed by atoms with Gasteiger partial charge >= 0.3 is 15.0 Å². The third-order valence-electron chi connectivity index (χ3n) is 4.86. The minimum absolute atomic E-state index is 0.697. The summed E-state index contributed by atoms with van der Waals surface area (Å²) >= 11 is 0. The van der Waals surface area contributed by atoms with Crippen LogP contribution in [-0.2, 0) is 9.31 Å². The molecule has 0 fully saturated rings. The van der Waals surface area contributed by atoms with Gasteiger partial charge in [-0.15, -0.1) is 0 Å². The van der Waals surface area contributed by atoms with Crippen LogP contribution in [0.2, 0.25) is 0 Å². The average Bonchev–Trinajstić information content (AvgIpc) is 2.41. The van der Waals surface area contributed by atoms with Gasteiger partial charge in [0.15, 0.2) is 0 Å². The molecule has 1 aromatic carbocycles. The van der Waals surface area contributed by atoms with Gasteiger partial charge in [-0.05, 0) is 55.4 Å². The first-order valence-corrected chi connectivity index (χ1v) is 8.23. The van der Waals surface area contributed by atoms with Gasteiger partial charge in [0.2, 0.25) is 0 Å². The van der Waals surface area contributed by atoms with Gasteiger partial charge in [0.05, 0.1) is 22.4 Å². The van der Waals surface area contributed by atoms with Crippen molar-refractivity contribution in [1.29, 1.82) is 0 Å². The normalized spacial score (nSPS) is 13.8. The molecular formula is C18H30B2O4. The molecule has 4 nitrogen and oxygen atoms in total. The molecule has 0 unspecified atom stereocenters. The molecule has 24 heavy (non-hydrogen) atoms. The number of hydrogen-bond donors (Lipinski definition) is 2. The lowest BCUT2D eigenvalue weighted by Gasteiger charge is -2.37. The number of aliphatic hydroxyl groups is 2. The monoisotopic (exact) mass is 332 g/mol. The summed E-state index contributed by atoms with van der Waals surface area (Å²) in [5.74, 6) is 0. The number of benzene rings is 1. The molecule has 0 amide bonds. The lowest BCUT2D eigenvalue weighted by molar-refractivity contribution is -0.0893. The lowest BCUT2D eigenvalue weighted by atomic mass is 9.79. The van der Waals surface area contributed by atoms with Crippen molar-refractivity contribution in [1.82, 2.24) is 0 Å². The Morgan fingerprint density at radius 3 is 1.08 bits per heavy atom. The minimum atomic E-state index is -0.951. The van der Waals surface area contributed by atoms with E-state index in [1.165, 1.54) is 0 Å². The third-order valence-corrected chi connectivity index (χ3v) is 4.86. The first-order valence-electron chi connectivity index (χ1n) is 8.23. The van der Waals surface area contributed by atoms with Crippen molar-refractivity contribution in [2.45, 2.75) is 77.8 Å². The zero-order valence-corrected chi connectivity index (χ0v) is 16.2.